The third kappa shape index (κ3) is 3.04. The summed E-state index contributed by atoms with van der Waals surface area (Å²) in [6, 6.07) is 14.1. The zero-order valence-corrected chi connectivity index (χ0v) is 12.6. The van der Waals surface area contributed by atoms with Crippen LogP contribution in [0.1, 0.15) is 11.1 Å². The van der Waals surface area contributed by atoms with Crippen LogP contribution in [-0.4, -0.2) is 12.1 Å². The van der Waals surface area contributed by atoms with Crippen molar-refractivity contribution >= 4 is 28.2 Å². The predicted molar refractivity (Wildman–Crippen MR) is 87.8 cm³/mol. The Balaban J connectivity index is 1.80. The lowest BCUT2D eigenvalue weighted by atomic mass is 10.1. The lowest BCUT2D eigenvalue weighted by molar-refractivity contribution is 0.185. The molecule has 0 aliphatic rings. The van der Waals surface area contributed by atoms with Gasteiger partial charge in [0.25, 0.3) is 0 Å². The van der Waals surface area contributed by atoms with Crippen LogP contribution in [0.15, 0.2) is 48.7 Å². The number of nitrogens with one attached hydrogen (secondary N) is 2. The number of ether oxygens (including phenoxy) is 1. The Labute approximate surface area is 128 Å². The SMILES string of the molecule is COCc1ccccc1NCc1c[nH]c2cc(Cl)ccc12. The topological polar surface area (TPSA) is 37.0 Å². The molecule has 0 atom stereocenters. The van der Waals surface area contributed by atoms with E-state index in [1.54, 1.807) is 7.11 Å². The summed E-state index contributed by atoms with van der Waals surface area (Å²) < 4.78 is 5.23. The maximum Gasteiger partial charge on any atom is 0.0733 e. The average Bonchev–Trinajstić information content (AvgIpc) is 2.89. The second-order valence-corrected chi connectivity index (χ2v) is 5.38. The lowest BCUT2D eigenvalue weighted by Crippen LogP contribution is -2.02. The minimum absolute atomic E-state index is 0.604. The molecular weight excluding hydrogens is 284 g/mol. The van der Waals surface area contributed by atoms with Crippen molar-refractivity contribution in [1.82, 2.24) is 4.98 Å². The molecule has 0 aliphatic carbocycles. The highest BCUT2D eigenvalue weighted by Gasteiger charge is 2.06. The number of aromatic amines is 1. The van der Waals surface area contributed by atoms with E-state index in [9.17, 15) is 0 Å². The molecule has 0 saturated heterocycles. The summed E-state index contributed by atoms with van der Waals surface area (Å²) in [6.45, 7) is 1.36. The Kier molecular flexibility index (Phi) is 4.13. The zero-order chi connectivity index (χ0) is 14.7. The van der Waals surface area contributed by atoms with Gasteiger partial charge in [-0.25, -0.2) is 0 Å². The van der Waals surface area contributed by atoms with E-state index in [1.165, 1.54) is 10.9 Å². The molecule has 0 saturated carbocycles. The van der Waals surface area contributed by atoms with Crippen LogP contribution in [0.2, 0.25) is 5.02 Å². The number of hydrogen-bond acceptors (Lipinski definition) is 2. The maximum absolute atomic E-state index is 6.01. The minimum atomic E-state index is 0.604. The third-order valence-electron chi connectivity index (χ3n) is 3.52. The first-order chi connectivity index (χ1) is 10.3. The standard InChI is InChI=1S/C17H17ClN2O/c1-21-11-12-4-2-3-5-16(12)19-9-13-10-20-17-8-14(18)6-7-15(13)17/h2-8,10,19-20H,9,11H2,1H3. The molecule has 0 unspecified atom stereocenters. The number of fused-ring (bicyclic) bond motifs is 1. The van der Waals surface area contributed by atoms with Crippen LogP contribution in [-0.2, 0) is 17.9 Å². The van der Waals surface area contributed by atoms with Gasteiger partial charge in [0, 0.05) is 47.0 Å². The summed E-state index contributed by atoms with van der Waals surface area (Å²) in [5.41, 5.74) is 4.53. The van der Waals surface area contributed by atoms with Gasteiger partial charge in [-0.1, -0.05) is 35.9 Å². The first-order valence-electron chi connectivity index (χ1n) is 6.84. The molecular formula is C17H17ClN2O. The van der Waals surface area contributed by atoms with Crippen molar-refractivity contribution in [2.45, 2.75) is 13.2 Å². The lowest BCUT2D eigenvalue weighted by Gasteiger charge is -2.11. The number of hydrogen-bond donors (Lipinski definition) is 2. The second kappa shape index (κ2) is 6.20. The van der Waals surface area contributed by atoms with Crippen molar-refractivity contribution < 1.29 is 4.74 Å². The monoisotopic (exact) mass is 300 g/mol. The molecule has 0 fully saturated rings. The van der Waals surface area contributed by atoms with E-state index < -0.39 is 0 Å². The van der Waals surface area contributed by atoms with Gasteiger partial charge in [0.1, 0.15) is 0 Å². The molecule has 1 heterocycles. The molecule has 0 radical (unpaired) electrons. The number of para-hydroxylation sites is 1. The smallest absolute Gasteiger partial charge is 0.0733 e. The molecule has 108 valence electrons. The number of methoxy groups -OCH3 is 1. The van der Waals surface area contributed by atoms with E-state index in [1.807, 2.05) is 36.5 Å². The molecule has 0 aliphatic heterocycles. The van der Waals surface area contributed by atoms with Gasteiger partial charge in [-0.05, 0) is 23.8 Å². The highest BCUT2D eigenvalue weighted by Crippen LogP contribution is 2.23. The molecule has 1 aromatic heterocycles. The number of halogens is 1. The minimum Gasteiger partial charge on any atom is -0.381 e. The molecule has 2 aromatic carbocycles. The van der Waals surface area contributed by atoms with Gasteiger partial charge in [-0.3, -0.25) is 0 Å². The summed E-state index contributed by atoms with van der Waals surface area (Å²) in [5.74, 6) is 0. The van der Waals surface area contributed by atoms with E-state index in [0.717, 1.165) is 28.3 Å². The summed E-state index contributed by atoms with van der Waals surface area (Å²) in [4.78, 5) is 3.26. The van der Waals surface area contributed by atoms with E-state index in [2.05, 4.69) is 22.4 Å². The van der Waals surface area contributed by atoms with Gasteiger partial charge in [-0.2, -0.15) is 0 Å². The van der Waals surface area contributed by atoms with Crippen molar-refractivity contribution in [3.63, 3.8) is 0 Å². The first kappa shape index (κ1) is 14.0. The fourth-order valence-electron chi connectivity index (χ4n) is 2.47. The van der Waals surface area contributed by atoms with Gasteiger partial charge >= 0.3 is 0 Å². The molecule has 4 heteroatoms. The van der Waals surface area contributed by atoms with E-state index in [0.29, 0.717) is 6.61 Å². The van der Waals surface area contributed by atoms with Crippen LogP contribution < -0.4 is 5.32 Å². The number of H-pyrrole nitrogens is 1. The fraction of sp³-hybridized carbons (Fsp3) is 0.176. The zero-order valence-electron chi connectivity index (χ0n) is 11.8. The Morgan fingerprint density at radius 3 is 2.86 bits per heavy atom. The van der Waals surface area contributed by atoms with Crippen molar-refractivity contribution in [2.75, 3.05) is 12.4 Å². The molecule has 0 amide bonds. The molecule has 3 nitrogen and oxygen atoms in total. The van der Waals surface area contributed by atoms with Crippen LogP contribution in [0, 0.1) is 0 Å². The van der Waals surface area contributed by atoms with E-state index >= 15 is 0 Å². The summed E-state index contributed by atoms with van der Waals surface area (Å²) in [5, 5.41) is 5.41. The normalized spacial score (nSPS) is 11.0. The van der Waals surface area contributed by atoms with Gasteiger partial charge < -0.3 is 15.0 Å². The molecule has 21 heavy (non-hydrogen) atoms. The van der Waals surface area contributed by atoms with Gasteiger partial charge in [0.15, 0.2) is 0 Å². The van der Waals surface area contributed by atoms with Crippen LogP contribution in [0.3, 0.4) is 0 Å². The van der Waals surface area contributed by atoms with Crippen molar-refractivity contribution in [2.24, 2.45) is 0 Å². The number of aromatic nitrogens is 1. The third-order valence-corrected chi connectivity index (χ3v) is 3.75. The van der Waals surface area contributed by atoms with Gasteiger partial charge in [0.05, 0.1) is 6.61 Å². The van der Waals surface area contributed by atoms with Crippen molar-refractivity contribution in [3.8, 4) is 0 Å². The molecule has 3 rings (SSSR count). The molecule has 0 spiro atoms. The summed E-state index contributed by atoms with van der Waals surface area (Å²) in [6.07, 6.45) is 2.02. The fourth-order valence-corrected chi connectivity index (χ4v) is 2.64. The Hall–Kier alpha value is -1.97. The summed E-state index contributed by atoms with van der Waals surface area (Å²) >= 11 is 6.01. The maximum atomic E-state index is 6.01. The molecule has 2 N–H and O–H groups in total. The number of rotatable bonds is 5. The number of anilines is 1. The van der Waals surface area contributed by atoms with Gasteiger partial charge in [-0.15, -0.1) is 0 Å². The Morgan fingerprint density at radius 1 is 1.14 bits per heavy atom. The van der Waals surface area contributed by atoms with Crippen LogP contribution >= 0.6 is 11.6 Å². The van der Waals surface area contributed by atoms with Gasteiger partial charge in [0.2, 0.25) is 0 Å². The highest BCUT2D eigenvalue weighted by molar-refractivity contribution is 6.31. The largest absolute Gasteiger partial charge is 0.381 e. The average molecular weight is 301 g/mol. The second-order valence-electron chi connectivity index (χ2n) is 4.95. The summed E-state index contributed by atoms with van der Waals surface area (Å²) in [7, 11) is 1.71. The first-order valence-corrected chi connectivity index (χ1v) is 7.22. The molecule has 0 bridgehead atoms. The Bertz CT molecular complexity index is 751. The van der Waals surface area contributed by atoms with Crippen molar-refractivity contribution in [3.05, 3.63) is 64.8 Å². The quantitative estimate of drug-likeness (QED) is 0.723. The molecule has 3 aromatic rings. The van der Waals surface area contributed by atoms with Crippen LogP contribution in [0.25, 0.3) is 10.9 Å². The highest BCUT2D eigenvalue weighted by atomic mass is 35.5. The van der Waals surface area contributed by atoms with E-state index in [4.69, 9.17) is 16.3 Å². The van der Waals surface area contributed by atoms with Crippen molar-refractivity contribution in [1.29, 1.82) is 0 Å². The predicted octanol–water partition coefficient (Wildman–Crippen LogP) is 4.58. The number of benzene rings is 2. The van der Waals surface area contributed by atoms with Crippen LogP contribution in [0.5, 0.6) is 0 Å². The Morgan fingerprint density at radius 2 is 2.00 bits per heavy atom. The van der Waals surface area contributed by atoms with E-state index in [-0.39, 0.29) is 0 Å². The van der Waals surface area contributed by atoms with Crippen LogP contribution in [0.4, 0.5) is 5.69 Å².